The minimum absolute atomic E-state index is 0.177. The Morgan fingerprint density at radius 3 is 2.60 bits per heavy atom. The maximum Gasteiger partial charge on any atom is 0.240 e. The smallest absolute Gasteiger partial charge is 0.240 e. The van der Waals surface area contributed by atoms with Gasteiger partial charge in [0.15, 0.2) is 5.82 Å². The Labute approximate surface area is 147 Å². The molecule has 0 amide bonds. The van der Waals surface area contributed by atoms with E-state index in [0.717, 1.165) is 56.5 Å². The molecule has 0 unspecified atom stereocenters. The van der Waals surface area contributed by atoms with Gasteiger partial charge in [-0.2, -0.15) is 4.98 Å². The van der Waals surface area contributed by atoms with Gasteiger partial charge < -0.3 is 14.7 Å². The molecule has 2 N–H and O–H groups in total. The molecule has 0 bridgehead atoms. The summed E-state index contributed by atoms with van der Waals surface area (Å²) in [5.74, 6) is 2.27. The number of aliphatic hydroxyl groups excluding tert-OH is 1. The molecule has 1 aromatic carbocycles. The molecule has 25 heavy (non-hydrogen) atoms. The quantitative estimate of drug-likeness (QED) is 0.839. The van der Waals surface area contributed by atoms with Crippen LogP contribution in [0.3, 0.4) is 0 Å². The molecular weight excluding hydrogens is 318 g/mol. The topological polar surface area (TPSA) is 82.6 Å². The van der Waals surface area contributed by atoms with Gasteiger partial charge >= 0.3 is 0 Å². The highest BCUT2D eigenvalue weighted by Gasteiger charge is 2.30. The van der Waals surface area contributed by atoms with Crippen LogP contribution in [-0.2, 0) is 13.1 Å². The van der Waals surface area contributed by atoms with Crippen molar-refractivity contribution >= 4 is 0 Å². The van der Waals surface area contributed by atoms with Crippen LogP contribution in [0.2, 0.25) is 0 Å². The fourth-order valence-corrected chi connectivity index (χ4v) is 3.64. The second kappa shape index (κ2) is 7.14. The van der Waals surface area contributed by atoms with Crippen LogP contribution in [0.15, 0.2) is 28.8 Å². The van der Waals surface area contributed by atoms with Gasteiger partial charge in [0.25, 0.3) is 0 Å². The van der Waals surface area contributed by atoms with Crippen LogP contribution in [0.1, 0.15) is 61.7 Å². The third kappa shape index (κ3) is 4.19. The van der Waals surface area contributed by atoms with Crippen molar-refractivity contribution in [3.05, 3.63) is 41.5 Å². The van der Waals surface area contributed by atoms with Crippen LogP contribution in [0, 0.1) is 0 Å². The van der Waals surface area contributed by atoms with E-state index < -0.39 is 0 Å². The third-order valence-corrected chi connectivity index (χ3v) is 5.24. The number of phenols is 1. The molecule has 0 atom stereocenters. The molecule has 2 aliphatic rings. The summed E-state index contributed by atoms with van der Waals surface area (Å²) in [7, 11) is 0. The van der Waals surface area contributed by atoms with Crippen molar-refractivity contribution in [1.82, 2.24) is 15.0 Å². The normalized spacial score (nSPS) is 23.9. The minimum atomic E-state index is -0.177. The molecule has 0 radical (unpaired) electrons. The average Bonchev–Trinajstić information content (AvgIpc) is 3.35. The first-order chi connectivity index (χ1) is 12.2. The third-order valence-electron chi connectivity index (χ3n) is 5.24. The second-order valence-electron chi connectivity index (χ2n) is 7.36. The molecule has 2 aliphatic carbocycles. The number of phenolic OH excluding ortho intramolecular Hbond substituents is 1. The lowest BCUT2D eigenvalue weighted by molar-refractivity contribution is 0.0613. The molecule has 1 heterocycles. The van der Waals surface area contributed by atoms with Crippen LogP contribution >= 0.6 is 0 Å². The molecular formula is C19H25N3O3. The van der Waals surface area contributed by atoms with Crippen LogP contribution in [-0.4, -0.2) is 37.4 Å². The van der Waals surface area contributed by atoms with E-state index in [4.69, 9.17) is 4.52 Å². The first-order valence-corrected chi connectivity index (χ1v) is 9.20. The van der Waals surface area contributed by atoms with E-state index in [1.807, 2.05) is 12.1 Å². The van der Waals surface area contributed by atoms with Crippen molar-refractivity contribution in [1.29, 1.82) is 0 Å². The summed E-state index contributed by atoms with van der Waals surface area (Å²) in [5, 5.41) is 23.7. The molecule has 1 aromatic heterocycles. The fraction of sp³-hybridized carbons (Fsp3) is 0.579. The number of rotatable bonds is 6. The Balaban J connectivity index is 1.49. The summed E-state index contributed by atoms with van der Waals surface area (Å²) >= 11 is 0. The highest BCUT2D eigenvalue weighted by molar-refractivity contribution is 5.27. The predicted octanol–water partition coefficient (Wildman–Crippen LogP) is 2.96. The van der Waals surface area contributed by atoms with E-state index >= 15 is 0 Å². The van der Waals surface area contributed by atoms with Gasteiger partial charge in [0.1, 0.15) is 5.75 Å². The van der Waals surface area contributed by atoms with E-state index in [1.54, 1.807) is 12.1 Å². The van der Waals surface area contributed by atoms with Crippen molar-refractivity contribution in [2.75, 3.05) is 0 Å². The molecule has 2 saturated carbocycles. The highest BCUT2D eigenvalue weighted by atomic mass is 16.5. The summed E-state index contributed by atoms with van der Waals surface area (Å²) < 4.78 is 5.47. The Hall–Kier alpha value is -1.92. The number of aromatic nitrogens is 2. The number of hydrogen-bond acceptors (Lipinski definition) is 6. The van der Waals surface area contributed by atoms with Crippen molar-refractivity contribution in [3.8, 4) is 5.75 Å². The van der Waals surface area contributed by atoms with Crippen molar-refractivity contribution in [2.24, 2.45) is 0 Å². The van der Waals surface area contributed by atoms with Gasteiger partial charge in [0, 0.05) is 18.5 Å². The van der Waals surface area contributed by atoms with E-state index in [0.29, 0.717) is 24.4 Å². The average molecular weight is 343 g/mol. The first-order valence-electron chi connectivity index (χ1n) is 9.20. The summed E-state index contributed by atoms with van der Waals surface area (Å²) in [4.78, 5) is 6.90. The van der Waals surface area contributed by atoms with E-state index in [9.17, 15) is 10.2 Å². The molecule has 6 nitrogen and oxygen atoms in total. The summed E-state index contributed by atoms with van der Waals surface area (Å²) in [5.41, 5.74) is 1.06. The molecule has 6 heteroatoms. The first kappa shape index (κ1) is 16.5. The Bertz CT molecular complexity index is 705. The molecule has 2 fully saturated rings. The lowest BCUT2D eigenvalue weighted by Crippen LogP contribution is -2.38. The van der Waals surface area contributed by atoms with E-state index in [-0.39, 0.29) is 11.9 Å². The van der Waals surface area contributed by atoms with Crippen molar-refractivity contribution in [3.63, 3.8) is 0 Å². The van der Waals surface area contributed by atoms with Crippen molar-refractivity contribution in [2.45, 2.75) is 69.7 Å². The summed E-state index contributed by atoms with van der Waals surface area (Å²) in [6.45, 7) is 1.33. The fourth-order valence-electron chi connectivity index (χ4n) is 3.64. The Kier molecular flexibility index (Phi) is 4.72. The van der Waals surface area contributed by atoms with Gasteiger partial charge in [-0.1, -0.05) is 17.3 Å². The number of hydrogen-bond donors (Lipinski definition) is 2. The van der Waals surface area contributed by atoms with Crippen LogP contribution in [0.25, 0.3) is 0 Å². The minimum Gasteiger partial charge on any atom is -0.508 e. The standard InChI is InChI=1S/C19H25N3O3/c23-16-8-6-15(7-9-16)22(11-13-2-1-3-17(24)10-13)12-18-20-19(21-25-18)14-4-5-14/h1-3,10,14-16,23-24H,4-9,11-12H2. The number of nitrogens with zero attached hydrogens (tertiary/aromatic N) is 3. The van der Waals surface area contributed by atoms with Crippen LogP contribution in [0.4, 0.5) is 0 Å². The van der Waals surface area contributed by atoms with Gasteiger partial charge in [-0.3, -0.25) is 4.90 Å². The Morgan fingerprint density at radius 2 is 1.88 bits per heavy atom. The largest absolute Gasteiger partial charge is 0.508 e. The zero-order valence-electron chi connectivity index (χ0n) is 14.3. The molecule has 4 rings (SSSR count). The van der Waals surface area contributed by atoms with Gasteiger partial charge in [-0.05, 0) is 56.2 Å². The summed E-state index contributed by atoms with van der Waals surface area (Å²) in [6.07, 6.45) is 5.73. The van der Waals surface area contributed by atoms with Gasteiger partial charge in [0.05, 0.1) is 12.6 Å². The van der Waals surface area contributed by atoms with Crippen LogP contribution < -0.4 is 0 Å². The number of aromatic hydroxyl groups is 1. The number of aliphatic hydroxyl groups is 1. The molecule has 134 valence electrons. The monoisotopic (exact) mass is 343 g/mol. The van der Waals surface area contributed by atoms with Gasteiger partial charge in [-0.15, -0.1) is 0 Å². The molecule has 0 aliphatic heterocycles. The van der Waals surface area contributed by atoms with Gasteiger partial charge in [0.2, 0.25) is 5.89 Å². The highest BCUT2D eigenvalue weighted by Crippen LogP contribution is 2.38. The maximum atomic E-state index is 9.80. The molecule has 0 spiro atoms. The predicted molar refractivity (Wildman–Crippen MR) is 91.9 cm³/mol. The van der Waals surface area contributed by atoms with E-state index in [1.165, 1.54) is 0 Å². The second-order valence-corrected chi connectivity index (χ2v) is 7.36. The van der Waals surface area contributed by atoms with Gasteiger partial charge in [-0.25, -0.2) is 0 Å². The zero-order chi connectivity index (χ0) is 17.2. The molecule has 2 aromatic rings. The lowest BCUT2D eigenvalue weighted by Gasteiger charge is -2.35. The SMILES string of the molecule is Oc1cccc(CN(Cc2nc(C3CC3)no2)C2CCC(O)CC2)c1. The van der Waals surface area contributed by atoms with Crippen molar-refractivity contribution < 1.29 is 14.7 Å². The number of benzene rings is 1. The lowest BCUT2D eigenvalue weighted by atomic mass is 9.91. The summed E-state index contributed by atoms with van der Waals surface area (Å²) in [6, 6.07) is 7.75. The zero-order valence-corrected chi connectivity index (χ0v) is 14.3. The Morgan fingerprint density at radius 1 is 1.08 bits per heavy atom. The molecule has 0 saturated heterocycles. The maximum absolute atomic E-state index is 9.80. The van der Waals surface area contributed by atoms with Crippen LogP contribution in [0.5, 0.6) is 5.75 Å². The van der Waals surface area contributed by atoms with E-state index in [2.05, 4.69) is 15.0 Å².